The maximum absolute atomic E-state index is 13.0. The highest BCUT2D eigenvalue weighted by atomic mass is 19.1. The lowest BCUT2D eigenvalue weighted by Gasteiger charge is -2.23. The van der Waals surface area contributed by atoms with Gasteiger partial charge >= 0.3 is 0 Å². The molecule has 0 spiro atoms. The van der Waals surface area contributed by atoms with Crippen molar-refractivity contribution in [2.45, 2.75) is 45.6 Å². The number of benzene rings is 2. The molecule has 1 saturated heterocycles. The lowest BCUT2D eigenvalue weighted by atomic mass is 9.95. The Balaban J connectivity index is 1.45. The lowest BCUT2D eigenvalue weighted by Crippen LogP contribution is -2.38. The third-order valence-corrected chi connectivity index (χ3v) is 7.00. The fraction of sp³-hybridized carbons (Fsp3) is 0.367. The summed E-state index contributed by atoms with van der Waals surface area (Å²) in [6, 6.07) is 16.5. The summed E-state index contributed by atoms with van der Waals surface area (Å²) in [7, 11) is 0. The van der Waals surface area contributed by atoms with Crippen LogP contribution in [0.3, 0.4) is 0 Å². The van der Waals surface area contributed by atoms with E-state index >= 15 is 0 Å². The zero-order valence-electron chi connectivity index (χ0n) is 21.5. The molecule has 4 aromatic rings. The van der Waals surface area contributed by atoms with Gasteiger partial charge in [-0.25, -0.2) is 15.0 Å². The van der Waals surface area contributed by atoms with Gasteiger partial charge in [-0.15, -0.1) is 0 Å². The van der Waals surface area contributed by atoms with Crippen molar-refractivity contribution in [2.75, 3.05) is 25.1 Å². The Kier molecular flexibility index (Phi) is 7.90. The summed E-state index contributed by atoms with van der Waals surface area (Å²) in [6.45, 7) is 5.66. The van der Waals surface area contributed by atoms with E-state index in [2.05, 4.69) is 44.9 Å². The number of pyridine rings is 1. The number of fused-ring (bicyclic) bond motifs is 1. The molecular formula is C30H34FN5O. The van der Waals surface area contributed by atoms with Crippen LogP contribution in [0.5, 0.6) is 11.6 Å². The fourth-order valence-electron chi connectivity index (χ4n) is 4.84. The molecule has 0 radical (unpaired) electrons. The second kappa shape index (κ2) is 11.6. The normalized spacial score (nSPS) is 16.5. The van der Waals surface area contributed by atoms with Gasteiger partial charge < -0.3 is 15.4 Å². The fourth-order valence-corrected chi connectivity index (χ4v) is 4.84. The summed E-state index contributed by atoms with van der Waals surface area (Å²) in [5.41, 5.74) is 3.78. The van der Waals surface area contributed by atoms with Gasteiger partial charge in [-0.3, -0.25) is 4.39 Å². The van der Waals surface area contributed by atoms with Crippen LogP contribution in [0.2, 0.25) is 0 Å². The third kappa shape index (κ3) is 5.88. The highest BCUT2D eigenvalue weighted by Crippen LogP contribution is 2.37. The summed E-state index contributed by atoms with van der Waals surface area (Å²) >= 11 is 0. The molecule has 7 heteroatoms. The minimum Gasteiger partial charge on any atom is -0.437 e. The zero-order chi connectivity index (χ0) is 25.6. The first-order chi connectivity index (χ1) is 18.1. The molecule has 6 nitrogen and oxygen atoms in total. The monoisotopic (exact) mass is 499 g/mol. The van der Waals surface area contributed by atoms with Crippen molar-refractivity contribution in [1.82, 2.24) is 20.3 Å². The van der Waals surface area contributed by atoms with Crippen molar-refractivity contribution >= 4 is 16.7 Å². The Bertz CT molecular complexity index is 1360. The summed E-state index contributed by atoms with van der Waals surface area (Å²) in [6.07, 6.45) is 7.37. The number of rotatable bonds is 9. The second-order valence-corrected chi connectivity index (χ2v) is 9.93. The quantitative estimate of drug-likeness (QED) is 0.274. The molecule has 2 aromatic carbocycles. The van der Waals surface area contributed by atoms with Crippen molar-refractivity contribution in [3.05, 3.63) is 72.1 Å². The molecule has 2 N–H and O–H groups in total. The third-order valence-electron chi connectivity index (χ3n) is 7.00. The minimum absolute atomic E-state index is 0.0501. The number of nitrogens with zero attached hydrogens (tertiary/aromatic N) is 3. The molecule has 1 aliphatic heterocycles. The Morgan fingerprint density at radius 3 is 2.84 bits per heavy atom. The Labute approximate surface area is 217 Å². The van der Waals surface area contributed by atoms with Gasteiger partial charge in [0.2, 0.25) is 11.8 Å². The van der Waals surface area contributed by atoms with Gasteiger partial charge in [-0.05, 0) is 79.8 Å². The lowest BCUT2D eigenvalue weighted by molar-refractivity contribution is 0.366. The van der Waals surface area contributed by atoms with Crippen LogP contribution in [0.25, 0.3) is 22.0 Å². The first-order valence-electron chi connectivity index (χ1n) is 13.1. The average molecular weight is 500 g/mol. The summed E-state index contributed by atoms with van der Waals surface area (Å²) < 4.78 is 19.6. The molecule has 2 atom stereocenters. The predicted molar refractivity (Wildman–Crippen MR) is 147 cm³/mol. The largest absolute Gasteiger partial charge is 0.437 e. The topological polar surface area (TPSA) is 72.0 Å². The molecule has 0 aliphatic carbocycles. The van der Waals surface area contributed by atoms with Crippen LogP contribution in [-0.4, -0.2) is 40.8 Å². The Hall–Kier alpha value is -3.58. The number of piperidine rings is 1. The van der Waals surface area contributed by atoms with E-state index in [1.54, 1.807) is 12.4 Å². The van der Waals surface area contributed by atoms with Gasteiger partial charge in [-0.1, -0.05) is 37.3 Å². The van der Waals surface area contributed by atoms with E-state index in [-0.39, 0.29) is 12.6 Å². The van der Waals surface area contributed by atoms with Crippen molar-refractivity contribution in [1.29, 1.82) is 0 Å². The molecule has 5 rings (SSSR count). The number of hydrogen-bond donors (Lipinski definition) is 2. The highest BCUT2D eigenvalue weighted by molar-refractivity contribution is 5.92. The number of anilines is 1. The minimum atomic E-state index is -0.293. The first-order valence-corrected chi connectivity index (χ1v) is 13.1. The molecule has 1 fully saturated rings. The number of nitrogens with one attached hydrogen (secondary N) is 2. The van der Waals surface area contributed by atoms with Crippen molar-refractivity contribution in [3.63, 3.8) is 0 Å². The SMILES string of the molecule is Cc1ccc2c(CC[C@H](C)CF)cccc2c1Oc1ncccc1-c1ccnc(N[C@H]2CCCNC2)n1. The maximum Gasteiger partial charge on any atom is 0.228 e. The molecule has 2 aromatic heterocycles. The summed E-state index contributed by atoms with van der Waals surface area (Å²) in [5, 5.41) is 9.02. The number of hydrogen-bond acceptors (Lipinski definition) is 6. The van der Waals surface area contributed by atoms with Crippen LogP contribution in [0.15, 0.2) is 60.9 Å². The van der Waals surface area contributed by atoms with Gasteiger partial charge in [0.25, 0.3) is 0 Å². The van der Waals surface area contributed by atoms with Crippen LogP contribution in [0.1, 0.15) is 37.3 Å². The molecule has 3 heterocycles. The van der Waals surface area contributed by atoms with E-state index in [4.69, 9.17) is 9.72 Å². The van der Waals surface area contributed by atoms with Crippen LogP contribution in [0.4, 0.5) is 10.3 Å². The van der Waals surface area contributed by atoms with E-state index in [0.717, 1.165) is 72.1 Å². The van der Waals surface area contributed by atoms with E-state index in [1.165, 1.54) is 5.56 Å². The maximum atomic E-state index is 13.0. The van der Waals surface area contributed by atoms with E-state index in [9.17, 15) is 4.39 Å². The molecule has 0 unspecified atom stereocenters. The summed E-state index contributed by atoms with van der Waals surface area (Å²) in [5.74, 6) is 1.93. The number of aromatic nitrogens is 3. The standard InChI is InChI=1S/C30H34FN5O/c1-20(18-31)10-12-22-6-3-8-25-24(22)13-11-21(2)28(25)37-29-26(9-5-16-33-29)27-14-17-34-30(36-27)35-23-7-4-15-32-19-23/h3,5-6,8-9,11,13-14,16-17,20,23,32H,4,7,10,12,15,18-19H2,1-2H3,(H,34,35,36)/t20-,23-/m0/s1. The van der Waals surface area contributed by atoms with Crippen LogP contribution in [-0.2, 0) is 6.42 Å². The van der Waals surface area contributed by atoms with Crippen LogP contribution in [0, 0.1) is 12.8 Å². The van der Waals surface area contributed by atoms with Crippen molar-refractivity contribution in [3.8, 4) is 22.9 Å². The molecule has 1 aliphatic rings. The molecule has 192 valence electrons. The van der Waals surface area contributed by atoms with Gasteiger partial charge in [0.1, 0.15) is 5.75 Å². The number of alkyl halides is 1. The first kappa shape index (κ1) is 25.1. The van der Waals surface area contributed by atoms with Crippen molar-refractivity contribution < 1.29 is 9.13 Å². The molecular weight excluding hydrogens is 465 g/mol. The Morgan fingerprint density at radius 2 is 2.00 bits per heavy atom. The molecule has 0 saturated carbocycles. The smallest absolute Gasteiger partial charge is 0.228 e. The average Bonchev–Trinajstić information content (AvgIpc) is 2.94. The van der Waals surface area contributed by atoms with Gasteiger partial charge in [0, 0.05) is 30.4 Å². The number of ether oxygens (including phenoxy) is 1. The molecule has 0 amide bonds. The highest BCUT2D eigenvalue weighted by Gasteiger charge is 2.17. The molecule has 37 heavy (non-hydrogen) atoms. The van der Waals surface area contributed by atoms with Gasteiger partial charge in [0.15, 0.2) is 0 Å². The summed E-state index contributed by atoms with van der Waals surface area (Å²) in [4.78, 5) is 13.8. The van der Waals surface area contributed by atoms with Crippen LogP contribution < -0.4 is 15.4 Å². The van der Waals surface area contributed by atoms with Gasteiger partial charge in [-0.2, -0.15) is 0 Å². The van der Waals surface area contributed by atoms with E-state index in [0.29, 0.717) is 17.9 Å². The van der Waals surface area contributed by atoms with E-state index in [1.807, 2.05) is 38.1 Å². The van der Waals surface area contributed by atoms with Crippen LogP contribution >= 0.6 is 0 Å². The molecule has 0 bridgehead atoms. The number of halogens is 1. The second-order valence-electron chi connectivity index (χ2n) is 9.93. The zero-order valence-corrected chi connectivity index (χ0v) is 21.5. The van der Waals surface area contributed by atoms with E-state index < -0.39 is 0 Å². The van der Waals surface area contributed by atoms with Crippen molar-refractivity contribution in [2.24, 2.45) is 5.92 Å². The Morgan fingerprint density at radius 1 is 1.08 bits per heavy atom. The van der Waals surface area contributed by atoms with Gasteiger partial charge in [0.05, 0.1) is 17.9 Å². The number of aryl methyl sites for hydroxylation is 2. The predicted octanol–water partition coefficient (Wildman–Crippen LogP) is 6.49.